The van der Waals surface area contributed by atoms with Crippen LogP contribution in [0.15, 0.2) is 36.4 Å². The first-order chi connectivity index (χ1) is 20.4. The molecule has 1 spiro atoms. The molecule has 0 radical (unpaired) electrons. The van der Waals surface area contributed by atoms with Gasteiger partial charge >= 0.3 is 0 Å². The first kappa shape index (κ1) is 31.2. The topological polar surface area (TPSA) is 90.9 Å². The van der Waals surface area contributed by atoms with Gasteiger partial charge in [-0.25, -0.2) is 13.1 Å². The maximum absolute atomic E-state index is 13.4. The van der Waals surface area contributed by atoms with Crippen molar-refractivity contribution >= 4 is 27.3 Å². The van der Waals surface area contributed by atoms with Crippen molar-refractivity contribution in [2.45, 2.75) is 94.6 Å². The minimum absolute atomic E-state index is 0.0246. The largest absolute Gasteiger partial charge is 0.490 e. The van der Waals surface area contributed by atoms with Crippen LogP contribution in [0.4, 0.5) is 5.69 Å². The highest BCUT2D eigenvalue weighted by Gasteiger charge is 2.47. The van der Waals surface area contributed by atoms with E-state index in [1.54, 1.807) is 6.92 Å². The average Bonchev–Trinajstić information content (AvgIpc) is 3.09. The molecule has 236 valence electrons. The summed E-state index contributed by atoms with van der Waals surface area (Å²) in [4.78, 5) is 2.49. The zero-order chi connectivity index (χ0) is 30.6. The minimum Gasteiger partial charge on any atom is -0.490 e. The van der Waals surface area contributed by atoms with Crippen molar-refractivity contribution in [2.24, 2.45) is 17.8 Å². The van der Waals surface area contributed by atoms with E-state index < -0.39 is 20.9 Å². The van der Waals surface area contributed by atoms with Gasteiger partial charge in [0.1, 0.15) is 5.75 Å². The number of sulfonamides is 1. The molecule has 1 saturated carbocycles. The molecule has 7 nitrogen and oxygen atoms in total. The molecule has 2 heterocycles. The normalized spacial score (nSPS) is 36.0. The monoisotopic (exact) mass is 629 g/mol. The molecular formula is C34H48ClN3O4S. The van der Waals surface area contributed by atoms with Crippen LogP contribution in [0.5, 0.6) is 5.75 Å². The second-order valence-electron chi connectivity index (χ2n) is 14.2. The number of hydrogen-bond donors (Lipinski definition) is 3. The summed E-state index contributed by atoms with van der Waals surface area (Å²) in [6, 6.07) is 12.5. The highest BCUT2D eigenvalue weighted by Crippen LogP contribution is 2.48. The van der Waals surface area contributed by atoms with E-state index in [1.807, 2.05) is 39.1 Å². The number of nitrogens with zero attached hydrogens (tertiary/aromatic N) is 1. The molecule has 2 aliphatic carbocycles. The third kappa shape index (κ3) is 6.07. The standard InChI is InChI=1S/C34H48ClN3O4S/c1-22-14-28(36-4)17-33(3,39)29-10-8-26(29)19-38-20-34(13-5-6-25-16-27(35)9-11-30(25)34)21-42-32-12-7-24(15-31(32)38)18-37-43(40,41)23(22)2/h7,9,11-12,15-16,22-23,26,28-29,36-37,39H,5-6,8,10,13-14,17-21H2,1-4H3/t22-,23+,26-,28+,29+,33-,34-/m0/s1. The fourth-order valence-electron chi connectivity index (χ4n) is 8.37. The number of ether oxygens (including phenoxy) is 1. The zero-order valence-corrected chi connectivity index (χ0v) is 27.6. The van der Waals surface area contributed by atoms with Crippen molar-refractivity contribution in [3.05, 3.63) is 58.1 Å². The van der Waals surface area contributed by atoms with Gasteiger partial charge in [0, 0.05) is 36.1 Å². The van der Waals surface area contributed by atoms with Crippen LogP contribution in [0.2, 0.25) is 5.02 Å². The summed E-state index contributed by atoms with van der Waals surface area (Å²) < 4.78 is 36.3. The second kappa shape index (κ2) is 11.8. The Hall–Kier alpha value is -1.84. The number of rotatable bonds is 1. The molecule has 0 unspecified atom stereocenters. The number of anilines is 1. The minimum atomic E-state index is -3.55. The summed E-state index contributed by atoms with van der Waals surface area (Å²) >= 11 is 6.43. The van der Waals surface area contributed by atoms with Crippen LogP contribution in [0.1, 0.15) is 76.0 Å². The smallest absolute Gasteiger partial charge is 0.214 e. The number of nitrogens with one attached hydrogen (secondary N) is 2. The maximum Gasteiger partial charge on any atom is 0.214 e. The van der Waals surface area contributed by atoms with E-state index in [0.717, 1.165) is 67.2 Å². The van der Waals surface area contributed by atoms with E-state index in [0.29, 0.717) is 25.4 Å². The lowest BCUT2D eigenvalue weighted by molar-refractivity contribution is -0.0790. The van der Waals surface area contributed by atoms with Crippen molar-refractivity contribution in [1.82, 2.24) is 10.0 Å². The van der Waals surface area contributed by atoms with E-state index in [4.69, 9.17) is 16.3 Å². The number of fused-ring (bicyclic) bond motifs is 4. The van der Waals surface area contributed by atoms with Crippen molar-refractivity contribution in [3.8, 4) is 5.75 Å². The molecule has 43 heavy (non-hydrogen) atoms. The van der Waals surface area contributed by atoms with Crippen LogP contribution in [0.25, 0.3) is 0 Å². The molecule has 9 heteroatoms. The second-order valence-corrected chi connectivity index (χ2v) is 16.7. The third-order valence-corrected chi connectivity index (χ3v) is 13.5. The molecule has 3 N–H and O–H groups in total. The highest BCUT2D eigenvalue weighted by molar-refractivity contribution is 7.90. The summed E-state index contributed by atoms with van der Waals surface area (Å²) in [5.74, 6) is 1.30. The Kier molecular flexibility index (Phi) is 8.57. The Bertz CT molecular complexity index is 1450. The molecule has 4 aliphatic rings. The fraction of sp³-hybridized carbons (Fsp3) is 0.647. The van der Waals surface area contributed by atoms with Gasteiger partial charge in [0.15, 0.2) is 0 Å². The lowest BCUT2D eigenvalue weighted by Crippen LogP contribution is -2.53. The van der Waals surface area contributed by atoms with E-state index in [2.05, 4.69) is 33.1 Å². The molecule has 2 aromatic rings. The molecule has 2 bridgehead atoms. The van der Waals surface area contributed by atoms with E-state index in [9.17, 15) is 13.5 Å². The van der Waals surface area contributed by atoms with Crippen molar-refractivity contribution in [3.63, 3.8) is 0 Å². The van der Waals surface area contributed by atoms with Crippen molar-refractivity contribution < 1.29 is 18.3 Å². The Morgan fingerprint density at radius 2 is 1.98 bits per heavy atom. The van der Waals surface area contributed by atoms with Gasteiger partial charge < -0.3 is 20.1 Å². The van der Waals surface area contributed by atoms with Gasteiger partial charge in [0.05, 0.1) is 23.1 Å². The molecule has 2 aromatic carbocycles. The van der Waals surface area contributed by atoms with Gasteiger partial charge in [-0.3, -0.25) is 0 Å². The first-order valence-electron chi connectivity index (χ1n) is 16.1. The van der Waals surface area contributed by atoms with Crippen LogP contribution in [-0.2, 0) is 28.4 Å². The summed E-state index contributed by atoms with van der Waals surface area (Å²) in [5.41, 5.74) is 3.54. The van der Waals surface area contributed by atoms with Crippen LogP contribution in [0.3, 0.4) is 0 Å². The highest BCUT2D eigenvalue weighted by atomic mass is 35.5. The Labute approximate surface area is 262 Å². The van der Waals surface area contributed by atoms with Gasteiger partial charge in [0.25, 0.3) is 0 Å². The molecule has 0 aromatic heterocycles. The van der Waals surface area contributed by atoms with E-state index in [1.165, 1.54) is 11.1 Å². The number of benzene rings is 2. The summed E-state index contributed by atoms with van der Waals surface area (Å²) in [5, 5.41) is 15.5. The lowest BCUT2D eigenvalue weighted by atomic mass is 9.63. The Morgan fingerprint density at radius 3 is 2.72 bits per heavy atom. The summed E-state index contributed by atoms with van der Waals surface area (Å²) in [6.45, 7) is 8.25. The van der Waals surface area contributed by atoms with Crippen LogP contribution < -0.4 is 19.7 Å². The summed E-state index contributed by atoms with van der Waals surface area (Å²) in [6.07, 6.45) is 6.50. The van der Waals surface area contributed by atoms with Gasteiger partial charge in [0.2, 0.25) is 10.0 Å². The van der Waals surface area contributed by atoms with Crippen LogP contribution in [-0.4, -0.2) is 57.2 Å². The summed E-state index contributed by atoms with van der Waals surface area (Å²) in [7, 11) is -1.63. The van der Waals surface area contributed by atoms with Gasteiger partial charge in [-0.1, -0.05) is 30.7 Å². The molecular weight excluding hydrogens is 582 g/mol. The Morgan fingerprint density at radius 1 is 1.16 bits per heavy atom. The maximum atomic E-state index is 13.4. The fourth-order valence-corrected chi connectivity index (χ4v) is 9.92. The van der Waals surface area contributed by atoms with Gasteiger partial charge in [-0.2, -0.15) is 0 Å². The zero-order valence-electron chi connectivity index (χ0n) is 26.0. The lowest BCUT2D eigenvalue weighted by Gasteiger charge is -2.49. The number of aryl methyl sites for hydroxylation is 1. The third-order valence-electron chi connectivity index (χ3n) is 11.3. The average molecular weight is 630 g/mol. The number of aliphatic hydroxyl groups is 1. The van der Waals surface area contributed by atoms with Crippen LogP contribution in [0, 0.1) is 17.8 Å². The molecule has 0 saturated heterocycles. The molecule has 7 atom stereocenters. The predicted molar refractivity (Wildman–Crippen MR) is 174 cm³/mol. The predicted octanol–water partition coefficient (Wildman–Crippen LogP) is 5.42. The molecule has 2 aliphatic heterocycles. The SMILES string of the molecule is CN[C@@H]1C[C@H](C)[C@@H](C)S(=O)(=O)NCc2ccc3c(c2)N(C[C@@H]2CC[C@H]2[C@@](C)(O)C1)C[C@@]1(CCCc2cc(Cl)ccc21)CO3. The van der Waals surface area contributed by atoms with Gasteiger partial charge in [-0.15, -0.1) is 0 Å². The quantitative estimate of drug-likeness (QED) is 0.391. The molecule has 6 rings (SSSR count). The Balaban J connectivity index is 1.41. The number of hydrogen-bond acceptors (Lipinski definition) is 6. The number of halogens is 1. The molecule has 0 amide bonds. The first-order valence-corrected chi connectivity index (χ1v) is 18.0. The molecule has 1 fully saturated rings. The van der Waals surface area contributed by atoms with E-state index >= 15 is 0 Å². The van der Waals surface area contributed by atoms with E-state index in [-0.39, 0.29) is 29.8 Å². The van der Waals surface area contributed by atoms with Crippen LogP contribution >= 0.6 is 11.6 Å². The van der Waals surface area contributed by atoms with Gasteiger partial charge in [-0.05, 0) is 125 Å². The van der Waals surface area contributed by atoms with Crippen molar-refractivity contribution in [1.29, 1.82) is 0 Å². The van der Waals surface area contributed by atoms with Crippen molar-refractivity contribution in [2.75, 3.05) is 31.6 Å².